The fourth-order valence-corrected chi connectivity index (χ4v) is 4.80. The first-order chi connectivity index (χ1) is 17.6. The minimum absolute atomic E-state index is 0.00461. The number of hydrogen-bond acceptors (Lipinski definition) is 6. The van der Waals surface area contributed by atoms with Crippen molar-refractivity contribution in [2.24, 2.45) is 0 Å². The Morgan fingerprint density at radius 2 is 1.68 bits per heavy atom. The highest BCUT2D eigenvalue weighted by atomic mass is 32.2. The molecule has 0 radical (unpaired) electrons. The van der Waals surface area contributed by atoms with E-state index in [0.29, 0.717) is 36.7 Å². The minimum atomic E-state index is -3.88. The van der Waals surface area contributed by atoms with E-state index in [-0.39, 0.29) is 29.9 Å². The Hall–Kier alpha value is -3.34. The lowest BCUT2D eigenvalue weighted by Crippen LogP contribution is -2.52. The second-order valence-electron chi connectivity index (χ2n) is 8.88. The summed E-state index contributed by atoms with van der Waals surface area (Å²) in [4.78, 5) is 27.9. The molecule has 2 aromatic rings. The van der Waals surface area contributed by atoms with Crippen LogP contribution in [0.4, 0.5) is 10.1 Å². The van der Waals surface area contributed by atoms with Gasteiger partial charge in [0.2, 0.25) is 21.8 Å². The lowest BCUT2D eigenvalue weighted by Gasteiger charge is -2.32. The van der Waals surface area contributed by atoms with Crippen molar-refractivity contribution in [2.75, 3.05) is 29.8 Å². The first kappa shape index (κ1) is 28.2. The van der Waals surface area contributed by atoms with E-state index >= 15 is 0 Å². The van der Waals surface area contributed by atoms with E-state index < -0.39 is 34.3 Å². The van der Waals surface area contributed by atoms with Crippen molar-refractivity contribution < 1.29 is 31.9 Å². The molecule has 37 heavy (non-hydrogen) atoms. The molecule has 1 aliphatic rings. The molecule has 2 amide bonds. The number of benzene rings is 2. The van der Waals surface area contributed by atoms with Gasteiger partial charge in [-0.3, -0.25) is 13.9 Å². The number of rotatable bonds is 11. The molecule has 0 aromatic heterocycles. The highest BCUT2D eigenvalue weighted by molar-refractivity contribution is 7.92. The summed E-state index contributed by atoms with van der Waals surface area (Å²) in [7, 11) is -3.88. The number of nitrogens with zero attached hydrogens (tertiary/aromatic N) is 2. The number of ether oxygens (including phenoxy) is 2. The first-order valence-corrected chi connectivity index (χ1v) is 13.9. The van der Waals surface area contributed by atoms with Gasteiger partial charge in [0, 0.05) is 18.7 Å². The topological polar surface area (TPSA) is 105 Å². The normalized spacial score (nSPS) is 14.4. The van der Waals surface area contributed by atoms with E-state index in [1.807, 2.05) is 13.8 Å². The summed E-state index contributed by atoms with van der Waals surface area (Å²) in [5, 5.41) is 2.87. The summed E-state index contributed by atoms with van der Waals surface area (Å²) < 4.78 is 51.7. The lowest BCUT2D eigenvalue weighted by molar-refractivity contribution is -0.139. The molecule has 2 aromatic carbocycles. The highest BCUT2D eigenvalue weighted by Crippen LogP contribution is 2.35. The maximum Gasteiger partial charge on any atom is 0.244 e. The van der Waals surface area contributed by atoms with Crippen LogP contribution in [-0.4, -0.2) is 62.7 Å². The number of fused-ring (bicyclic) bond motifs is 1. The molecule has 9 nitrogen and oxygen atoms in total. The molecule has 0 saturated heterocycles. The molecule has 1 heterocycles. The number of halogens is 1. The average Bonchev–Trinajstić information content (AvgIpc) is 2.90. The number of nitrogens with one attached hydrogen (secondary N) is 1. The SMILES string of the molecule is CC[C@H](C)NC(=O)[C@@H](C)N(Cc1ccc(F)cc1)C(=O)CN(c1ccc2c(c1)OCCO2)S(=O)(=O)CC. The van der Waals surface area contributed by atoms with E-state index in [1.165, 1.54) is 42.2 Å². The molecule has 2 atom stereocenters. The van der Waals surface area contributed by atoms with E-state index in [4.69, 9.17) is 9.47 Å². The predicted octanol–water partition coefficient (Wildman–Crippen LogP) is 3.09. The zero-order valence-electron chi connectivity index (χ0n) is 21.6. The standard InChI is InChI=1S/C26H34FN3O6S/c1-5-18(3)28-26(32)19(4)29(16-20-7-9-21(27)10-8-20)25(31)17-30(37(33,34)6-2)22-11-12-23-24(15-22)36-14-13-35-23/h7-12,15,18-19H,5-6,13-14,16-17H2,1-4H3,(H,28,32)/t18-,19+/m0/s1. The van der Waals surface area contributed by atoms with Gasteiger partial charge < -0.3 is 19.7 Å². The van der Waals surface area contributed by atoms with Gasteiger partial charge in [0.15, 0.2) is 11.5 Å². The lowest BCUT2D eigenvalue weighted by atomic mass is 10.1. The zero-order chi connectivity index (χ0) is 27.2. The van der Waals surface area contributed by atoms with Crippen molar-refractivity contribution in [3.05, 3.63) is 53.8 Å². The van der Waals surface area contributed by atoms with Gasteiger partial charge >= 0.3 is 0 Å². The molecule has 11 heteroatoms. The van der Waals surface area contributed by atoms with Crippen LogP contribution in [0.1, 0.15) is 39.7 Å². The quantitative estimate of drug-likeness (QED) is 0.474. The third-order valence-electron chi connectivity index (χ3n) is 6.23. The Balaban J connectivity index is 1.94. The summed E-state index contributed by atoms with van der Waals surface area (Å²) in [6, 6.07) is 9.26. The maximum absolute atomic E-state index is 13.7. The number of carbonyl (C=O) groups excluding carboxylic acids is 2. The van der Waals surface area contributed by atoms with Gasteiger partial charge in [0.25, 0.3) is 0 Å². The van der Waals surface area contributed by atoms with Gasteiger partial charge in [-0.15, -0.1) is 0 Å². The molecule has 1 aliphatic heterocycles. The number of hydrogen-bond donors (Lipinski definition) is 1. The van der Waals surface area contributed by atoms with Gasteiger partial charge in [-0.2, -0.15) is 0 Å². The maximum atomic E-state index is 13.7. The number of sulfonamides is 1. The highest BCUT2D eigenvalue weighted by Gasteiger charge is 2.32. The molecule has 0 saturated carbocycles. The van der Waals surface area contributed by atoms with Crippen LogP contribution in [-0.2, 0) is 26.2 Å². The van der Waals surface area contributed by atoms with E-state index in [9.17, 15) is 22.4 Å². The van der Waals surface area contributed by atoms with Crippen LogP contribution in [0.3, 0.4) is 0 Å². The molecule has 0 spiro atoms. The summed E-state index contributed by atoms with van der Waals surface area (Å²) in [6.07, 6.45) is 0.705. The van der Waals surface area contributed by atoms with Gasteiger partial charge in [-0.25, -0.2) is 12.8 Å². The van der Waals surface area contributed by atoms with Crippen molar-refractivity contribution in [1.82, 2.24) is 10.2 Å². The van der Waals surface area contributed by atoms with Crippen LogP contribution >= 0.6 is 0 Å². The van der Waals surface area contributed by atoms with E-state index in [2.05, 4.69) is 5.32 Å². The smallest absolute Gasteiger partial charge is 0.244 e. The Labute approximate surface area is 217 Å². The number of carbonyl (C=O) groups is 2. The zero-order valence-corrected chi connectivity index (χ0v) is 22.4. The molecule has 3 rings (SSSR count). The van der Waals surface area contributed by atoms with Gasteiger partial charge in [-0.1, -0.05) is 19.1 Å². The monoisotopic (exact) mass is 535 g/mol. The van der Waals surface area contributed by atoms with Crippen LogP contribution in [0.2, 0.25) is 0 Å². The fraction of sp³-hybridized carbons (Fsp3) is 0.462. The first-order valence-electron chi connectivity index (χ1n) is 12.3. The van der Waals surface area contributed by atoms with Gasteiger partial charge in [0.1, 0.15) is 31.6 Å². The van der Waals surface area contributed by atoms with Crippen molar-refractivity contribution in [1.29, 1.82) is 0 Å². The van der Waals surface area contributed by atoms with Crippen LogP contribution in [0.15, 0.2) is 42.5 Å². The van der Waals surface area contributed by atoms with Crippen LogP contribution in [0.25, 0.3) is 0 Å². The minimum Gasteiger partial charge on any atom is -0.486 e. The second kappa shape index (κ2) is 12.3. The molecule has 0 aliphatic carbocycles. The molecule has 0 fully saturated rings. The van der Waals surface area contributed by atoms with Crippen LogP contribution < -0.4 is 19.1 Å². The molecule has 0 unspecified atom stereocenters. The fourth-order valence-electron chi connectivity index (χ4n) is 3.74. The Morgan fingerprint density at radius 1 is 1.03 bits per heavy atom. The number of anilines is 1. The summed E-state index contributed by atoms with van der Waals surface area (Å²) in [6.45, 7) is 7.03. The predicted molar refractivity (Wildman–Crippen MR) is 139 cm³/mol. The van der Waals surface area contributed by atoms with Crippen molar-refractivity contribution >= 4 is 27.5 Å². The molecule has 0 bridgehead atoms. The molecule has 202 valence electrons. The molecular weight excluding hydrogens is 501 g/mol. The number of amides is 2. The Bertz CT molecular complexity index is 1210. The summed E-state index contributed by atoms with van der Waals surface area (Å²) in [5.41, 5.74) is 0.847. The van der Waals surface area contributed by atoms with Crippen molar-refractivity contribution in [3.63, 3.8) is 0 Å². The second-order valence-corrected chi connectivity index (χ2v) is 11.1. The van der Waals surface area contributed by atoms with Gasteiger partial charge in [0.05, 0.1) is 11.4 Å². The van der Waals surface area contributed by atoms with Crippen LogP contribution in [0, 0.1) is 5.82 Å². The average molecular weight is 536 g/mol. The Kier molecular flexibility index (Phi) is 9.36. The summed E-state index contributed by atoms with van der Waals surface area (Å²) in [5.74, 6) is -0.739. The Morgan fingerprint density at radius 3 is 2.30 bits per heavy atom. The van der Waals surface area contributed by atoms with Gasteiger partial charge in [-0.05, 0) is 57.0 Å². The molecular formula is C26H34FN3O6S. The van der Waals surface area contributed by atoms with E-state index in [0.717, 1.165) is 4.31 Å². The van der Waals surface area contributed by atoms with Crippen molar-refractivity contribution in [3.8, 4) is 11.5 Å². The molecule has 1 N–H and O–H groups in total. The van der Waals surface area contributed by atoms with Crippen LogP contribution in [0.5, 0.6) is 11.5 Å². The van der Waals surface area contributed by atoms with E-state index in [1.54, 1.807) is 19.1 Å². The largest absolute Gasteiger partial charge is 0.486 e. The van der Waals surface area contributed by atoms with Crippen molar-refractivity contribution in [2.45, 2.75) is 52.7 Å². The summed E-state index contributed by atoms with van der Waals surface area (Å²) >= 11 is 0. The third-order valence-corrected chi connectivity index (χ3v) is 7.97. The third kappa shape index (κ3) is 7.12.